The van der Waals surface area contributed by atoms with E-state index in [2.05, 4.69) is 108 Å². The summed E-state index contributed by atoms with van der Waals surface area (Å²) in [6, 6.07) is 60.5. The molecule has 226 valence electrons. The lowest BCUT2D eigenvalue weighted by atomic mass is 10.1. The van der Waals surface area contributed by atoms with Gasteiger partial charge in [-0.25, -0.2) is 9.97 Å². The number of hydrogen-bond donors (Lipinski definition) is 0. The predicted octanol–water partition coefficient (Wildman–Crippen LogP) is 11.5. The van der Waals surface area contributed by atoms with Gasteiger partial charge in [-0.15, -0.1) is 0 Å². The predicted molar refractivity (Wildman–Crippen MR) is 197 cm³/mol. The van der Waals surface area contributed by atoms with Gasteiger partial charge in [-0.3, -0.25) is 0 Å². The Morgan fingerprint density at radius 1 is 0.417 bits per heavy atom. The van der Waals surface area contributed by atoms with Crippen molar-refractivity contribution in [2.75, 3.05) is 0 Å². The number of benzene rings is 7. The van der Waals surface area contributed by atoms with Crippen LogP contribution < -0.4 is 4.74 Å². The lowest BCUT2D eigenvalue weighted by molar-refractivity contribution is 0.481. The highest BCUT2D eigenvalue weighted by molar-refractivity contribution is 6.13. The van der Waals surface area contributed by atoms with Crippen LogP contribution in [0.2, 0.25) is 0 Å². The van der Waals surface area contributed by atoms with E-state index >= 15 is 0 Å². The van der Waals surface area contributed by atoms with Crippen LogP contribution in [0.1, 0.15) is 0 Å². The topological polar surface area (TPSA) is 39.9 Å². The van der Waals surface area contributed by atoms with Gasteiger partial charge in [0, 0.05) is 27.5 Å². The van der Waals surface area contributed by atoms with Crippen molar-refractivity contribution in [3.63, 3.8) is 0 Å². The van der Waals surface area contributed by atoms with Crippen LogP contribution in [0.15, 0.2) is 176 Å². The van der Waals surface area contributed by atoms with E-state index < -0.39 is 0 Å². The molecule has 0 aliphatic carbocycles. The monoisotopic (exact) mass is 615 g/mol. The van der Waals surface area contributed by atoms with E-state index in [0.29, 0.717) is 5.82 Å². The summed E-state index contributed by atoms with van der Waals surface area (Å²) in [6.45, 7) is 0. The summed E-state index contributed by atoms with van der Waals surface area (Å²) in [4.78, 5) is 9.91. The van der Waals surface area contributed by atoms with E-state index in [9.17, 15) is 0 Å². The first-order valence-electron chi connectivity index (χ1n) is 16.1. The Labute approximate surface area is 278 Å². The molecule has 4 heteroatoms. The largest absolute Gasteiger partial charge is 0.455 e. The van der Waals surface area contributed by atoms with E-state index in [0.717, 1.165) is 56.3 Å². The van der Waals surface area contributed by atoms with E-state index in [1.807, 2.05) is 72.8 Å². The van der Waals surface area contributed by atoms with Gasteiger partial charge in [-0.05, 0) is 71.4 Å². The van der Waals surface area contributed by atoms with E-state index in [1.165, 1.54) is 21.5 Å². The fourth-order valence-electron chi connectivity index (χ4n) is 6.53. The van der Waals surface area contributed by atoms with Crippen LogP contribution in [0.5, 0.6) is 11.5 Å². The molecule has 2 aromatic heterocycles. The maximum atomic E-state index is 6.64. The molecule has 0 fully saturated rings. The molecule has 0 unspecified atom stereocenters. The van der Waals surface area contributed by atoms with Crippen molar-refractivity contribution in [3.05, 3.63) is 176 Å². The molecule has 0 atom stereocenters. The van der Waals surface area contributed by atoms with Gasteiger partial charge in [0.1, 0.15) is 5.75 Å². The third-order valence-electron chi connectivity index (χ3n) is 8.85. The number of fused-ring (bicyclic) bond motifs is 4. The second-order valence-electron chi connectivity index (χ2n) is 11.9. The van der Waals surface area contributed by atoms with Crippen molar-refractivity contribution in [2.24, 2.45) is 0 Å². The van der Waals surface area contributed by atoms with Crippen LogP contribution in [0, 0.1) is 0 Å². The number of hydrogen-bond acceptors (Lipinski definition) is 3. The molecule has 7 aromatic carbocycles. The Balaban J connectivity index is 1.11. The molecule has 0 saturated heterocycles. The quantitative estimate of drug-likeness (QED) is 0.187. The number of aromatic nitrogens is 3. The number of rotatable bonds is 6. The van der Waals surface area contributed by atoms with Crippen LogP contribution in [-0.4, -0.2) is 14.5 Å². The third kappa shape index (κ3) is 4.97. The first-order chi connectivity index (χ1) is 23.8. The molecule has 0 spiro atoms. The van der Waals surface area contributed by atoms with Crippen LogP contribution in [0.25, 0.3) is 72.2 Å². The van der Waals surface area contributed by atoms with Gasteiger partial charge in [0.15, 0.2) is 11.6 Å². The number of nitrogens with zero attached hydrogens (tertiary/aromatic N) is 3. The maximum absolute atomic E-state index is 6.64. The van der Waals surface area contributed by atoms with Crippen LogP contribution in [-0.2, 0) is 0 Å². The molecular formula is C44H29N3O. The summed E-state index contributed by atoms with van der Waals surface area (Å²) in [7, 11) is 0. The molecule has 0 aliphatic rings. The molecule has 48 heavy (non-hydrogen) atoms. The fourth-order valence-corrected chi connectivity index (χ4v) is 6.53. The fraction of sp³-hybridized carbons (Fsp3) is 0. The second-order valence-corrected chi connectivity index (χ2v) is 11.9. The Morgan fingerprint density at radius 2 is 1.00 bits per heavy atom. The van der Waals surface area contributed by atoms with Crippen molar-refractivity contribution in [2.45, 2.75) is 0 Å². The average Bonchev–Trinajstić information content (AvgIpc) is 3.48. The Hall–Kier alpha value is -6.52. The number of para-hydroxylation sites is 3. The summed E-state index contributed by atoms with van der Waals surface area (Å²) < 4.78 is 8.96. The zero-order chi connectivity index (χ0) is 31.9. The molecule has 9 rings (SSSR count). The zero-order valence-electron chi connectivity index (χ0n) is 26.0. The minimum absolute atomic E-state index is 0.695. The molecule has 9 aromatic rings. The van der Waals surface area contributed by atoms with Crippen molar-refractivity contribution < 1.29 is 4.74 Å². The second kappa shape index (κ2) is 11.7. The minimum Gasteiger partial charge on any atom is -0.455 e. The first-order valence-corrected chi connectivity index (χ1v) is 16.1. The van der Waals surface area contributed by atoms with E-state index in [-0.39, 0.29) is 0 Å². The molecule has 0 amide bonds. The van der Waals surface area contributed by atoms with Gasteiger partial charge in [0.25, 0.3) is 0 Å². The van der Waals surface area contributed by atoms with Crippen molar-refractivity contribution in [3.8, 4) is 51.1 Å². The summed E-state index contributed by atoms with van der Waals surface area (Å²) in [5, 5.41) is 4.87. The molecule has 4 nitrogen and oxygen atoms in total. The Kier molecular flexibility index (Phi) is 6.76. The van der Waals surface area contributed by atoms with Gasteiger partial charge >= 0.3 is 0 Å². The van der Waals surface area contributed by atoms with Gasteiger partial charge in [-0.1, -0.05) is 115 Å². The van der Waals surface area contributed by atoms with Crippen LogP contribution >= 0.6 is 0 Å². The van der Waals surface area contributed by atoms with E-state index in [1.54, 1.807) is 0 Å². The summed E-state index contributed by atoms with van der Waals surface area (Å²) in [5.41, 5.74) is 8.02. The highest BCUT2D eigenvalue weighted by Gasteiger charge is 2.17. The van der Waals surface area contributed by atoms with Gasteiger partial charge in [0.05, 0.1) is 28.1 Å². The molecule has 0 N–H and O–H groups in total. The Bertz CT molecular complexity index is 2520. The summed E-state index contributed by atoms with van der Waals surface area (Å²) >= 11 is 0. The first kappa shape index (κ1) is 27.8. The van der Waals surface area contributed by atoms with E-state index in [4.69, 9.17) is 14.7 Å². The normalized spacial score (nSPS) is 11.3. The third-order valence-corrected chi connectivity index (χ3v) is 8.85. The lowest BCUT2D eigenvalue weighted by Crippen LogP contribution is -1.98. The molecule has 0 saturated carbocycles. The van der Waals surface area contributed by atoms with Crippen molar-refractivity contribution in [1.29, 1.82) is 0 Å². The van der Waals surface area contributed by atoms with Crippen molar-refractivity contribution >= 4 is 32.6 Å². The summed E-state index contributed by atoms with van der Waals surface area (Å²) in [5.74, 6) is 2.22. The molecule has 2 heterocycles. The molecule has 0 aliphatic heterocycles. The molecule has 0 bridgehead atoms. The van der Waals surface area contributed by atoms with Crippen LogP contribution in [0.3, 0.4) is 0 Å². The van der Waals surface area contributed by atoms with Crippen molar-refractivity contribution in [1.82, 2.24) is 14.5 Å². The summed E-state index contributed by atoms with van der Waals surface area (Å²) in [6.07, 6.45) is 0. The Morgan fingerprint density at radius 3 is 1.75 bits per heavy atom. The SMILES string of the molecule is c1ccc(-c2cc(-c3ccc(Oc4ccccc4-n4c5ccccc5c5cc6ccccc6cc54)cc3)nc(-c3ccccc3)n2)cc1. The average molecular weight is 616 g/mol. The molecule has 0 radical (unpaired) electrons. The maximum Gasteiger partial charge on any atom is 0.160 e. The highest BCUT2D eigenvalue weighted by atomic mass is 16.5. The zero-order valence-corrected chi connectivity index (χ0v) is 26.0. The standard InChI is InChI=1S/C44H29N3O/c1-3-13-30(14-4-1)38-29-39(46-44(45-38)32-15-5-2-6-16-32)31-23-25-35(26-24-31)48-43-22-12-11-21-41(43)47-40-20-10-9-19-36(40)37-27-33-17-7-8-18-34(33)28-42(37)47/h1-29H. The van der Waals surface area contributed by atoms with Gasteiger partial charge in [-0.2, -0.15) is 0 Å². The molecular weight excluding hydrogens is 587 g/mol. The highest BCUT2D eigenvalue weighted by Crippen LogP contribution is 2.39. The van der Waals surface area contributed by atoms with Crippen LogP contribution in [0.4, 0.5) is 0 Å². The smallest absolute Gasteiger partial charge is 0.160 e. The lowest BCUT2D eigenvalue weighted by Gasteiger charge is -2.15. The minimum atomic E-state index is 0.695. The van der Waals surface area contributed by atoms with Gasteiger partial charge < -0.3 is 9.30 Å². The van der Waals surface area contributed by atoms with Gasteiger partial charge in [0.2, 0.25) is 0 Å². The number of ether oxygens (including phenoxy) is 1.